The molecule has 1 N–H and O–H groups in total. The van der Waals surface area contributed by atoms with Crippen LogP contribution in [0.1, 0.15) is 31.7 Å². The lowest BCUT2D eigenvalue weighted by Gasteiger charge is -2.37. The predicted molar refractivity (Wildman–Crippen MR) is 83.9 cm³/mol. The summed E-state index contributed by atoms with van der Waals surface area (Å²) in [6, 6.07) is -0.482. The van der Waals surface area contributed by atoms with E-state index in [9.17, 15) is 9.90 Å². The van der Waals surface area contributed by atoms with Gasteiger partial charge in [0.1, 0.15) is 12.4 Å². The summed E-state index contributed by atoms with van der Waals surface area (Å²) in [5.74, 6) is 0.512. The van der Waals surface area contributed by atoms with Crippen molar-refractivity contribution in [3.05, 3.63) is 17.3 Å². The van der Waals surface area contributed by atoms with Gasteiger partial charge in [0.15, 0.2) is 5.82 Å². The number of hydrogen-bond acceptors (Lipinski definition) is 5. The number of aliphatic carboxylic acids is 1. The average Bonchev–Trinajstić information content (AvgIpc) is 2.88. The van der Waals surface area contributed by atoms with Gasteiger partial charge in [-0.05, 0) is 36.6 Å². The van der Waals surface area contributed by atoms with E-state index in [1.54, 1.807) is 17.7 Å². The van der Waals surface area contributed by atoms with Gasteiger partial charge in [0.25, 0.3) is 0 Å². The number of aryl methyl sites for hydroxylation is 1. The summed E-state index contributed by atoms with van der Waals surface area (Å²) in [4.78, 5) is 22.3. The van der Waals surface area contributed by atoms with Crippen LogP contribution in [-0.4, -0.2) is 33.6 Å². The van der Waals surface area contributed by atoms with Crippen molar-refractivity contribution in [2.75, 3.05) is 11.4 Å². The molecule has 112 valence electrons. The zero-order chi connectivity index (χ0) is 15.0. The van der Waals surface area contributed by atoms with E-state index in [0.717, 1.165) is 41.0 Å². The fourth-order valence-corrected chi connectivity index (χ4v) is 4.07. The molecule has 1 aliphatic rings. The summed E-state index contributed by atoms with van der Waals surface area (Å²) in [5, 5.41) is 11.6. The first-order chi connectivity index (χ1) is 10.1. The molecule has 3 heterocycles. The van der Waals surface area contributed by atoms with Crippen LogP contribution < -0.4 is 4.90 Å². The van der Waals surface area contributed by atoms with Crippen molar-refractivity contribution in [3.8, 4) is 0 Å². The van der Waals surface area contributed by atoms with Crippen LogP contribution in [0.5, 0.6) is 0 Å². The maximum Gasteiger partial charge on any atom is 0.326 e. The van der Waals surface area contributed by atoms with Crippen molar-refractivity contribution in [1.29, 1.82) is 0 Å². The van der Waals surface area contributed by atoms with Crippen molar-refractivity contribution in [1.82, 2.24) is 9.97 Å². The van der Waals surface area contributed by atoms with Crippen molar-refractivity contribution in [2.24, 2.45) is 5.92 Å². The van der Waals surface area contributed by atoms with Crippen LogP contribution in [0.2, 0.25) is 0 Å². The number of aromatic nitrogens is 2. The second-order valence-electron chi connectivity index (χ2n) is 5.64. The van der Waals surface area contributed by atoms with E-state index >= 15 is 0 Å². The second-order valence-corrected chi connectivity index (χ2v) is 6.52. The number of hydrogen-bond donors (Lipinski definition) is 1. The summed E-state index contributed by atoms with van der Waals surface area (Å²) in [5.41, 5.74) is 2.06. The molecule has 1 aliphatic heterocycles. The monoisotopic (exact) mass is 305 g/mol. The Bertz CT molecular complexity index is 670. The first-order valence-corrected chi connectivity index (χ1v) is 8.18. The van der Waals surface area contributed by atoms with Gasteiger partial charge in [-0.3, -0.25) is 0 Å². The normalized spacial score (nSPS) is 22.7. The molecule has 0 bridgehead atoms. The number of piperidine rings is 1. The third kappa shape index (κ3) is 2.48. The number of thiophene rings is 1. The summed E-state index contributed by atoms with van der Waals surface area (Å²) in [6.07, 6.45) is 4.30. The number of rotatable bonds is 3. The van der Waals surface area contributed by atoms with E-state index in [1.807, 2.05) is 11.8 Å². The van der Waals surface area contributed by atoms with Crippen LogP contribution in [0.25, 0.3) is 10.2 Å². The molecule has 2 unspecified atom stereocenters. The lowest BCUT2D eigenvalue weighted by Crippen LogP contribution is -2.47. The fraction of sp³-hybridized carbons (Fsp3) is 0.533. The quantitative estimate of drug-likeness (QED) is 0.944. The lowest BCUT2D eigenvalue weighted by atomic mass is 9.89. The molecule has 0 aliphatic carbocycles. The Hall–Kier alpha value is -1.69. The number of carboxylic acid groups (broad SMARTS) is 1. The summed E-state index contributed by atoms with van der Waals surface area (Å²) in [7, 11) is 0. The Morgan fingerprint density at radius 2 is 2.33 bits per heavy atom. The minimum Gasteiger partial charge on any atom is -0.480 e. The van der Waals surface area contributed by atoms with Crippen molar-refractivity contribution >= 4 is 33.3 Å². The van der Waals surface area contributed by atoms with E-state index in [0.29, 0.717) is 12.3 Å². The largest absolute Gasteiger partial charge is 0.480 e. The molecule has 2 aromatic rings. The molecule has 1 fully saturated rings. The highest BCUT2D eigenvalue weighted by Crippen LogP contribution is 2.35. The van der Waals surface area contributed by atoms with Crippen LogP contribution in [0, 0.1) is 12.8 Å². The van der Waals surface area contributed by atoms with Gasteiger partial charge in [-0.2, -0.15) is 0 Å². The zero-order valence-corrected chi connectivity index (χ0v) is 13.1. The molecule has 2 aromatic heterocycles. The van der Waals surface area contributed by atoms with Gasteiger partial charge in [0.05, 0.1) is 10.2 Å². The molecule has 21 heavy (non-hydrogen) atoms. The van der Waals surface area contributed by atoms with Gasteiger partial charge in [-0.1, -0.05) is 13.3 Å². The number of carboxylic acids is 1. The summed E-state index contributed by atoms with van der Waals surface area (Å²) in [6.45, 7) is 4.90. The lowest BCUT2D eigenvalue weighted by molar-refractivity contribution is -0.139. The predicted octanol–water partition coefficient (Wildman–Crippen LogP) is 3.08. The van der Waals surface area contributed by atoms with E-state index < -0.39 is 12.0 Å². The molecular weight excluding hydrogens is 286 g/mol. The van der Waals surface area contributed by atoms with Gasteiger partial charge in [-0.25, -0.2) is 14.8 Å². The highest BCUT2D eigenvalue weighted by molar-refractivity contribution is 7.18. The van der Waals surface area contributed by atoms with E-state index in [4.69, 9.17) is 0 Å². The van der Waals surface area contributed by atoms with Crippen LogP contribution in [0.15, 0.2) is 11.7 Å². The first kappa shape index (κ1) is 14.3. The van der Waals surface area contributed by atoms with Crippen molar-refractivity contribution < 1.29 is 9.90 Å². The molecule has 1 saturated heterocycles. The number of fused-ring (bicyclic) bond motifs is 1. The first-order valence-electron chi connectivity index (χ1n) is 7.30. The Labute approximate surface area is 127 Å². The van der Waals surface area contributed by atoms with E-state index in [-0.39, 0.29) is 0 Å². The Balaban J connectivity index is 2.02. The van der Waals surface area contributed by atoms with Crippen LogP contribution in [0.4, 0.5) is 5.82 Å². The van der Waals surface area contributed by atoms with Gasteiger partial charge in [0.2, 0.25) is 0 Å². The Morgan fingerprint density at radius 3 is 3.05 bits per heavy atom. The summed E-state index contributed by atoms with van der Waals surface area (Å²) < 4.78 is 0.996. The third-order valence-electron chi connectivity index (χ3n) is 4.36. The number of carbonyl (C=O) groups is 1. The molecule has 6 heteroatoms. The Kier molecular flexibility index (Phi) is 3.80. The smallest absolute Gasteiger partial charge is 0.326 e. The van der Waals surface area contributed by atoms with Crippen LogP contribution in [-0.2, 0) is 4.79 Å². The average molecular weight is 305 g/mol. The highest BCUT2D eigenvalue weighted by Gasteiger charge is 2.34. The molecular formula is C15H19N3O2S. The maximum absolute atomic E-state index is 11.7. The van der Waals surface area contributed by atoms with E-state index in [2.05, 4.69) is 22.3 Å². The standard InChI is InChI=1S/C15H19N3O2S/c1-3-10-4-5-18(11(6-10)15(19)20)14-13-12(16-8-17-14)9(2)7-21-13/h7-8,10-11H,3-6H2,1-2H3,(H,19,20). The van der Waals surface area contributed by atoms with Gasteiger partial charge >= 0.3 is 5.97 Å². The SMILES string of the molecule is CCC1CCN(c2ncnc3c(C)csc23)C(C(=O)O)C1. The highest BCUT2D eigenvalue weighted by atomic mass is 32.1. The minimum atomic E-state index is -0.756. The Morgan fingerprint density at radius 1 is 1.52 bits per heavy atom. The molecule has 2 atom stereocenters. The van der Waals surface area contributed by atoms with Gasteiger partial charge in [-0.15, -0.1) is 11.3 Å². The maximum atomic E-state index is 11.7. The van der Waals surface area contributed by atoms with Gasteiger partial charge < -0.3 is 10.0 Å². The van der Waals surface area contributed by atoms with Crippen LogP contribution in [0.3, 0.4) is 0 Å². The fourth-order valence-electron chi connectivity index (χ4n) is 3.06. The minimum absolute atomic E-state index is 0.482. The molecule has 0 saturated carbocycles. The van der Waals surface area contributed by atoms with Crippen molar-refractivity contribution in [2.45, 2.75) is 39.2 Å². The molecule has 0 aromatic carbocycles. The number of anilines is 1. The number of nitrogens with zero attached hydrogens (tertiary/aromatic N) is 3. The van der Waals surface area contributed by atoms with Gasteiger partial charge in [0, 0.05) is 6.54 Å². The van der Waals surface area contributed by atoms with E-state index in [1.165, 1.54) is 0 Å². The molecule has 3 rings (SSSR count). The molecule has 0 spiro atoms. The van der Waals surface area contributed by atoms with Crippen LogP contribution >= 0.6 is 11.3 Å². The third-order valence-corrected chi connectivity index (χ3v) is 5.44. The second kappa shape index (κ2) is 5.60. The topological polar surface area (TPSA) is 66.3 Å². The molecule has 5 nitrogen and oxygen atoms in total. The summed E-state index contributed by atoms with van der Waals surface area (Å²) >= 11 is 1.59. The molecule has 0 radical (unpaired) electrons. The zero-order valence-electron chi connectivity index (χ0n) is 12.2. The molecule has 0 amide bonds. The van der Waals surface area contributed by atoms with Crippen molar-refractivity contribution in [3.63, 3.8) is 0 Å².